The predicted octanol–water partition coefficient (Wildman–Crippen LogP) is 2.31. The first-order valence-electron chi connectivity index (χ1n) is 7.05. The predicted molar refractivity (Wildman–Crippen MR) is 73.0 cm³/mol. The Balaban J connectivity index is 2.58. The number of nitrogens with one attached hydrogen (secondary N) is 2. The summed E-state index contributed by atoms with van der Waals surface area (Å²) in [5, 5.41) is 6.52. The quantitative estimate of drug-likeness (QED) is 0.541. The van der Waals surface area contributed by atoms with E-state index in [1.54, 1.807) is 0 Å². The Kier molecular flexibility index (Phi) is 6.80. The van der Waals surface area contributed by atoms with Crippen LogP contribution in [0.2, 0.25) is 0 Å². The highest BCUT2D eigenvalue weighted by atomic mass is 16.5. The van der Waals surface area contributed by atoms with Gasteiger partial charge in [0.05, 0.1) is 18.8 Å². The number of esters is 1. The van der Waals surface area contributed by atoms with Gasteiger partial charge in [-0.3, -0.25) is 5.32 Å². The molecule has 0 aliphatic carbocycles. The van der Waals surface area contributed by atoms with Crippen LogP contribution in [0.3, 0.4) is 0 Å². The third-order valence-electron chi connectivity index (χ3n) is 3.30. The SMILES string of the molecule is CCCCCCC1NCNC(C)=C1C(=O)OCC. The van der Waals surface area contributed by atoms with E-state index in [-0.39, 0.29) is 12.0 Å². The molecule has 18 heavy (non-hydrogen) atoms. The lowest BCUT2D eigenvalue weighted by molar-refractivity contribution is -0.139. The number of allylic oxidation sites excluding steroid dienone is 1. The highest BCUT2D eigenvalue weighted by Crippen LogP contribution is 2.18. The molecule has 2 N–H and O–H groups in total. The number of hydrogen-bond donors (Lipinski definition) is 2. The minimum Gasteiger partial charge on any atom is -0.463 e. The van der Waals surface area contributed by atoms with Gasteiger partial charge < -0.3 is 10.1 Å². The summed E-state index contributed by atoms with van der Waals surface area (Å²) in [6.45, 7) is 7.15. The molecule has 0 saturated heterocycles. The molecule has 0 amide bonds. The zero-order valence-corrected chi connectivity index (χ0v) is 11.8. The molecule has 0 aromatic carbocycles. The van der Waals surface area contributed by atoms with Crippen LogP contribution in [0.1, 0.15) is 52.9 Å². The second-order valence-corrected chi connectivity index (χ2v) is 4.72. The van der Waals surface area contributed by atoms with Crippen LogP contribution in [-0.2, 0) is 9.53 Å². The maximum absolute atomic E-state index is 11.9. The van der Waals surface area contributed by atoms with Crippen molar-refractivity contribution < 1.29 is 9.53 Å². The average Bonchev–Trinajstić information content (AvgIpc) is 2.35. The van der Waals surface area contributed by atoms with Crippen LogP contribution in [-0.4, -0.2) is 25.3 Å². The molecule has 0 spiro atoms. The van der Waals surface area contributed by atoms with Crippen molar-refractivity contribution in [1.82, 2.24) is 10.6 Å². The molecule has 1 atom stereocenters. The summed E-state index contributed by atoms with van der Waals surface area (Å²) in [5.41, 5.74) is 1.73. The van der Waals surface area contributed by atoms with Crippen LogP contribution in [0.25, 0.3) is 0 Å². The van der Waals surface area contributed by atoms with Crippen LogP contribution in [0.4, 0.5) is 0 Å². The topological polar surface area (TPSA) is 50.4 Å². The number of unbranched alkanes of at least 4 members (excludes halogenated alkanes) is 3. The summed E-state index contributed by atoms with van der Waals surface area (Å²) in [4.78, 5) is 11.9. The van der Waals surface area contributed by atoms with Crippen molar-refractivity contribution >= 4 is 5.97 Å². The van der Waals surface area contributed by atoms with Gasteiger partial charge in [0.15, 0.2) is 0 Å². The molecule has 104 valence electrons. The molecule has 0 bridgehead atoms. The van der Waals surface area contributed by atoms with Crippen molar-refractivity contribution in [3.8, 4) is 0 Å². The van der Waals surface area contributed by atoms with Crippen molar-refractivity contribution in [2.24, 2.45) is 0 Å². The van der Waals surface area contributed by atoms with Crippen LogP contribution >= 0.6 is 0 Å². The van der Waals surface area contributed by atoms with E-state index in [9.17, 15) is 4.79 Å². The standard InChI is InChI=1S/C14H26N2O2/c1-4-6-7-8-9-12-13(14(17)18-5-2)11(3)15-10-16-12/h12,15-16H,4-10H2,1-3H3. The van der Waals surface area contributed by atoms with Crippen molar-refractivity contribution in [3.05, 3.63) is 11.3 Å². The van der Waals surface area contributed by atoms with E-state index in [1.165, 1.54) is 19.3 Å². The highest BCUT2D eigenvalue weighted by molar-refractivity contribution is 5.90. The molecular weight excluding hydrogens is 228 g/mol. The van der Waals surface area contributed by atoms with Gasteiger partial charge in [0.1, 0.15) is 0 Å². The highest BCUT2D eigenvalue weighted by Gasteiger charge is 2.26. The summed E-state index contributed by atoms with van der Waals surface area (Å²) in [6, 6.07) is 0.141. The third kappa shape index (κ3) is 4.33. The van der Waals surface area contributed by atoms with E-state index in [0.29, 0.717) is 6.61 Å². The van der Waals surface area contributed by atoms with Gasteiger partial charge in [-0.15, -0.1) is 0 Å². The summed E-state index contributed by atoms with van der Waals surface area (Å²) in [7, 11) is 0. The van der Waals surface area contributed by atoms with Gasteiger partial charge in [0.2, 0.25) is 0 Å². The minimum absolute atomic E-state index is 0.141. The first kappa shape index (κ1) is 15.0. The molecule has 0 radical (unpaired) electrons. The van der Waals surface area contributed by atoms with E-state index in [4.69, 9.17) is 4.74 Å². The number of carbonyl (C=O) groups is 1. The van der Waals surface area contributed by atoms with Gasteiger partial charge in [0.25, 0.3) is 0 Å². The maximum Gasteiger partial charge on any atom is 0.337 e. The van der Waals surface area contributed by atoms with Gasteiger partial charge in [-0.2, -0.15) is 0 Å². The molecule has 0 saturated carbocycles. The van der Waals surface area contributed by atoms with Gasteiger partial charge >= 0.3 is 5.97 Å². The Morgan fingerprint density at radius 2 is 2.11 bits per heavy atom. The van der Waals surface area contributed by atoms with E-state index in [0.717, 1.165) is 30.8 Å². The molecule has 4 heteroatoms. The molecule has 1 rings (SSSR count). The van der Waals surface area contributed by atoms with E-state index in [1.807, 2.05) is 13.8 Å². The number of ether oxygens (including phenoxy) is 1. The van der Waals surface area contributed by atoms with Crippen molar-refractivity contribution in [2.75, 3.05) is 13.3 Å². The molecule has 0 fully saturated rings. The van der Waals surface area contributed by atoms with Gasteiger partial charge in [0, 0.05) is 11.7 Å². The molecule has 0 aromatic rings. The van der Waals surface area contributed by atoms with Gasteiger partial charge in [-0.05, 0) is 20.3 Å². The number of rotatable bonds is 7. The maximum atomic E-state index is 11.9. The third-order valence-corrected chi connectivity index (χ3v) is 3.30. The first-order valence-corrected chi connectivity index (χ1v) is 7.05. The zero-order valence-electron chi connectivity index (χ0n) is 11.8. The normalized spacial score (nSPS) is 19.6. The van der Waals surface area contributed by atoms with Crippen molar-refractivity contribution in [1.29, 1.82) is 0 Å². The lowest BCUT2D eigenvalue weighted by Gasteiger charge is -2.28. The molecular formula is C14H26N2O2. The second-order valence-electron chi connectivity index (χ2n) is 4.72. The second kappa shape index (κ2) is 8.14. The average molecular weight is 254 g/mol. The largest absolute Gasteiger partial charge is 0.463 e. The van der Waals surface area contributed by atoms with Crippen LogP contribution in [0.5, 0.6) is 0 Å². The molecule has 1 heterocycles. The lowest BCUT2D eigenvalue weighted by Crippen LogP contribution is -2.46. The smallest absolute Gasteiger partial charge is 0.337 e. The van der Waals surface area contributed by atoms with Crippen LogP contribution < -0.4 is 10.6 Å². The summed E-state index contributed by atoms with van der Waals surface area (Å²) in [5.74, 6) is -0.185. The first-order chi connectivity index (χ1) is 8.70. The van der Waals surface area contributed by atoms with Crippen LogP contribution in [0, 0.1) is 0 Å². The summed E-state index contributed by atoms with van der Waals surface area (Å²) in [6.07, 6.45) is 5.90. The fraction of sp³-hybridized carbons (Fsp3) is 0.786. The minimum atomic E-state index is -0.185. The molecule has 1 unspecified atom stereocenters. The van der Waals surface area contributed by atoms with Crippen molar-refractivity contribution in [3.63, 3.8) is 0 Å². The Labute approximate surface area is 110 Å². The van der Waals surface area contributed by atoms with E-state index < -0.39 is 0 Å². The van der Waals surface area contributed by atoms with Crippen molar-refractivity contribution in [2.45, 2.75) is 58.9 Å². The Bertz CT molecular complexity index is 300. The summed E-state index contributed by atoms with van der Waals surface area (Å²) < 4.78 is 5.13. The molecule has 4 nitrogen and oxygen atoms in total. The zero-order chi connectivity index (χ0) is 13.4. The Hall–Kier alpha value is -1.03. The number of hydrogen-bond acceptors (Lipinski definition) is 4. The molecule has 0 aromatic heterocycles. The van der Waals surface area contributed by atoms with Crippen LogP contribution in [0.15, 0.2) is 11.3 Å². The monoisotopic (exact) mass is 254 g/mol. The Morgan fingerprint density at radius 3 is 2.78 bits per heavy atom. The van der Waals surface area contributed by atoms with Gasteiger partial charge in [-0.25, -0.2) is 4.79 Å². The van der Waals surface area contributed by atoms with E-state index >= 15 is 0 Å². The van der Waals surface area contributed by atoms with Gasteiger partial charge in [-0.1, -0.05) is 32.6 Å². The fourth-order valence-electron chi connectivity index (χ4n) is 2.29. The molecule has 1 aliphatic heterocycles. The van der Waals surface area contributed by atoms with E-state index in [2.05, 4.69) is 17.6 Å². The lowest BCUT2D eigenvalue weighted by atomic mass is 9.97. The number of carbonyl (C=O) groups excluding carboxylic acids is 1. The molecule has 1 aliphatic rings. The Morgan fingerprint density at radius 1 is 1.33 bits per heavy atom. The summed E-state index contributed by atoms with van der Waals surface area (Å²) >= 11 is 0. The fourth-order valence-corrected chi connectivity index (χ4v) is 2.29.